The van der Waals surface area contributed by atoms with Gasteiger partial charge in [0.25, 0.3) is 0 Å². The van der Waals surface area contributed by atoms with Crippen molar-refractivity contribution in [3.63, 3.8) is 0 Å². The second-order valence-electron chi connectivity index (χ2n) is 2.97. The molecule has 0 aliphatic heterocycles. The van der Waals surface area contributed by atoms with E-state index < -0.39 is 0 Å². The van der Waals surface area contributed by atoms with Gasteiger partial charge in [0.2, 0.25) is 0 Å². The van der Waals surface area contributed by atoms with Gasteiger partial charge in [0.05, 0.1) is 14.1 Å². The maximum absolute atomic E-state index is 5.19. The lowest BCUT2D eigenvalue weighted by atomic mass is 10.4. The molecule has 56 valence electrons. The second-order valence-corrected chi connectivity index (χ2v) is 4.50. The molecule has 0 N–H and O–H groups in total. The first-order chi connectivity index (χ1) is 4.48. The lowest BCUT2D eigenvalue weighted by molar-refractivity contribution is -0.877. The highest BCUT2D eigenvalue weighted by Gasteiger charge is 2.12. The SMILES string of the molecule is C#CC[N+](C)(C)CC(=C)I. The van der Waals surface area contributed by atoms with Gasteiger partial charge in [-0.05, 0) is 28.5 Å². The molecule has 0 aromatic heterocycles. The van der Waals surface area contributed by atoms with Crippen LogP contribution in [-0.4, -0.2) is 31.7 Å². The highest BCUT2D eigenvalue weighted by atomic mass is 127. The third-order valence-electron chi connectivity index (χ3n) is 1.12. The van der Waals surface area contributed by atoms with E-state index in [9.17, 15) is 0 Å². The smallest absolute Gasteiger partial charge is 0.140 e. The predicted octanol–water partition coefficient (Wildman–Crippen LogP) is 1.64. The average molecular weight is 250 g/mol. The minimum atomic E-state index is 0.766. The topological polar surface area (TPSA) is 0 Å². The molecule has 0 rings (SSSR count). The molecule has 0 amide bonds. The first-order valence-corrected chi connectivity index (χ1v) is 4.14. The first kappa shape index (κ1) is 9.99. The molecule has 0 heterocycles. The Kier molecular flexibility index (Phi) is 3.99. The molecular weight excluding hydrogens is 237 g/mol. The fraction of sp³-hybridized carbons (Fsp3) is 0.500. The highest BCUT2D eigenvalue weighted by molar-refractivity contribution is 14.1. The minimum absolute atomic E-state index is 0.766. The van der Waals surface area contributed by atoms with Crippen LogP contribution in [0.4, 0.5) is 0 Å². The van der Waals surface area contributed by atoms with Gasteiger partial charge in [0.15, 0.2) is 0 Å². The molecule has 0 aliphatic carbocycles. The zero-order chi connectivity index (χ0) is 8.20. The second kappa shape index (κ2) is 3.99. The molecule has 10 heavy (non-hydrogen) atoms. The standard InChI is InChI=1S/C8H13IN/c1-5-6-10(3,4)7-8(2)9/h1H,2,6-7H2,3-4H3/q+1. The Morgan fingerprint density at radius 2 is 2.20 bits per heavy atom. The van der Waals surface area contributed by atoms with Crippen LogP contribution in [0.1, 0.15) is 0 Å². The summed E-state index contributed by atoms with van der Waals surface area (Å²) in [6.45, 7) is 5.54. The van der Waals surface area contributed by atoms with Crippen LogP contribution >= 0.6 is 22.6 Å². The summed E-state index contributed by atoms with van der Waals surface area (Å²) < 4.78 is 1.98. The van der Waals surface area contributed by atoms with Crippen molar-refractivity contribution >= 4 is 22.6 Å². The molecule has 0 unspecified atom stereocenters. The van der Waals surface area contributed by atoms with Crippen LogP contribution < -0.4 is 0 Å². The fourth-order valence-electron chi connectivity index (χ4n) is 0.767. The monoisotopic (exact) mass is 250 g/mol. The van der Waals surface area contributed by atoms with E-state index in [0.29, 0.717) is 0 Å². The quantitative estimate of drug-likeness (QED) is 0.406. The van der Waals surface area contributed by atoms with E-state index in [-0.39, 0.29) is 0 Å². The van der Waals surface area contributed by atoms with Gasteiger partial charge in [0, 0.05) is 3.58 Å². The number of nitrogens with zero attached hydrogens (tertiary/aromatic N) is 1. The third kappa shape index (κ3) is 4.83. The van der Waals surface area contributed by atoms with E-state index >= 15 is 0 Å². The normalized spacial score (nSPS) is 10.6. The van der Waals surface area contributed by atoms with Crippen molar-refractivity contribution < 1.29 is 4.48 Å². The predicted molar refractivity (Wildman–Crippen MR) is 53.8 cm³/mol. The molecule has 0 bridgehead atoms. The molecule has 2 heteroatoms. The molecule has 0 spiro atoms. The van der Waals surface area contributed by atoms with Crippen molar-refractivity contribution in [1.82, 2.24) is 0 Å². The Bertz CT molecular complexity index is 165. The molecule has 0 aromatic carbocycles. The molecule has 1 nitrogen and oxygen atoms in total. The van der Waals surface area contributed by atoms with Crippen molar-refractivity contribution in [3.05, 3.63) is 10.2 Å². The lowest BCUT2D eigenvalue weighted by Crippen LogP contribution is -2.40. The van der Waals surface area contributed by atoms with Crippen LogP contribution in [0.3, 0.4) is 0 Å². The number of hydrogen-bond donors (Lipinski definition) is 0. The van der Waals surface area contributed by atoms with Gasteiger partial charge in [-0.3, -0.25) is 0 Å². The minimum Gasteiger partial charge on any atom is -0.314 e. The van der Waals surface area contributed by atoms with Crippen LogP contribution in [0, 0.1) is 12.3 Å². The highest BCUT2D eigenvalue weighted by Crippen LogP contribution is 2.08. The van der Waals surface area contributed by atoms with E-state index in [1.807, 2.05) is 0 Å². The van der Waals surface area contributed by atoms with Gasteiger partial charge in [-0.15, -0.1) is 6.42 Å². The van der Waals surface area contributed by atoms with Crippen LogP contribution in [-0.2, 0) is 0 Å². The van der Waals surface area contributed by atoms with Crippen LogP contribution in [0.2, 0.25) is 0 Å². The van der Waals surface area contributed by atoms with Crippen LogP contribution in [0.5, 0.6) is 0 Å². The number of rotatable bonds is 3. The van der Waals surface area contributed by atoms with Crippen molar-refractivity contribution in [1.29, 1.82) is 0 Å². The summed E-state index contributed by atoms with van der Waals surface area (Å²) in [4.78, 5) is 0. The van der Waals surface area contributed by atoms with Crippen molar-refractivity contribution in [3.8, 4) is 12.3 Å². The van der Waals surface area contributed by atoms with Gasteiger partial charge in [0.1, 0.15) is 13.1 Å². The van der Waals surface area contributed by atoms with Crippen molar-refractivity contribution in [2.45, 2.75) is 0 Å². The Morgan fingerprint density at radius 1 is 1.70 bits per heavy atom. The summed E-state index contributed by atoms with van der Waals surface area (Å²) >= 11 is 2.23. The number of quaternary nitrogens is 1. The van der Waals surface area contributed by atoms with E-state index in [1.54, 1.807) is 0 Å². The molecule has 0 saturated heterocycles. The molecule has 0 aromatic rings. The summed E-state index contributed by atoms with van der Waals surface area (Å²) in [6, 6.07) is 0. The summed E-state index contributed by atoms with van der Waals surface area (Å²) in [7, 11) is 4.20. The van der Waals surface area contributed by atoms with Crippen LogP contribution in [0.25, 0.3) is 0 Å². The molecule has 0 fully saturated rings. The van der Waals surface area contributed by atoms with E-state index in [1.165, 1.54) is 0 Å². The molecule has 0 atom stereocenters. The molecular formula is C8H13IN+. The van der Waals surface area contributed by atoms with Gasteiger partial charge in [-0.1, -0.05) is 6.58 Å². The Balaban J connectivity index is 3.89. The van der Waals surface area contributed by atoms with E-state index in [0.717, 1.165) is 21.2 Å². The zero-order valence-electron chi connectivity index (χ0n) is 6.52. The lowest BCUT2D eigenvalue weighted by Gasteiger charge is -2.26. The summed E-state index contributed by atoms with van der Waals surface area (Å²) in [5.74, 6) is 2.64. The van der Waals surface area contributed by atoms with E-state index in [4.69, 9.17) is 6.42 Å². The number of likely N-dealkylation sites (N-methyl/N-ethyl adjacent to an activating group) is 1. The third-order valence-corrected chi connectivity index (χ3v) is 1.46. The molecule has 0 radical (unpaired) electrons. The summed E-state index contributed by atoms with van der Waals surface area (Å²) in [6.07, 6.45) is 5.19. The summed E-state index contributed by atoms with van der Waals surface area (Å²) in [5.41, 5.74) is 0. The largest absolute Gasteiger partial charge is 0.314 e. The van der Waals surface area contributed by atoms with Gasteiger partial charge in [-0.25, -0.2) is 0 Å². The fourth-order valence-corrected chi connectivity index (χ4v) is 1.69. The van der Waals surface area contributed by atoms with Gasteiger partial charge in [-0.2, -0.15) is 0 Å². The first-order valence-electron chi connectivity index (χ1n) is 3.07. The average Bonchev–Trinajstić information content (AvgIpc) is 1.59. The number of halogens is 1. The Morgan fingerprint density at radius 3 is 2.50 bits per heavy atom. The Hall–Kier alpha value is -0.0100. The zero-order valence-corrected chi connectivity index (χ0v) is 8.68. The molecule has 0 saturated carbocycles. The van der Waals surface area contributed by atoms with Gasteiger partial charge < -0.3 is 4.48 Å². The maximum Gasteiger partial charge on any atom is 0.140 e. The molecule has 0 aliphatic rings. The van der Waals surface area contributed by atoms with Gasteiger partial charge >= 0.3 is 0 Å². The number of hydrogen-bond acceptors (Lipinski definition) is 0. The van der Waals surface area contributed by atoms with Crippen LogP contribution in [0.15, 0.2) is 10.2 Å². The number of terminal acetylenes is 1. The summed E-state index contributed by atoms with van der Waals surface area (Å²) in [5, 5.41) is 0. The Labute approximate surface area is 76.8 Å². The van der Waals surface area contributed by atoms with Crippen molar-refractivity contribution in [2.75, 3.05) is 27.2 Å². The maximum atomic E-state index is 5.19. The van der Waals surface area contributed by atoms with E-state index in [2.05, 4.69) is 49.2 Å². The van der Waals surface area contributed by atoms with Crippen molar-refractivity contribution in [2.24, 2.45) is 0 Å².